The Labute approximate surface area is 177 Å². The molecule has 3 heterocycles. The first-order valence-corrected chi connectivity index (χ1v) is 9.65. The summed E-state index contributed by atoms with van der Waals surface area (Å²) in [7, 11) is 1.24. The van der Waals surface area contributed by atoms with Gasteiger partial charge in [-0.15, -0.1) is 0 Å². The molecule has 1 N–H and O–H groups in total. The number of ether oxygens (including phenoxy) is 2. The number of hydrogen-bond acceptors (Lipinski definition) is 7. The molecular formula is C22H20F2N4O3. The number of rotatable bonds is 5. The van der Waals surface area contributed by atoms with Gasteiger partial charge in [0.2, 0.25) is 0 Å². The molecule has 1 fully saturated rings. The Morgan fingerprint density at radius 2 is 1.84 bits per heavy atom. The van der Waals surface area contributed by atoms with Gasteiger partial charge >= 0.3 is 5.97 Å². The maximum absolute atomic E-state index is 14.2. The maximum Gasteiger partial charge on any atom is 0.341 e. The number of esters is 1. The summed E-state index contributed by atoms with van der Waals surface area (Å²) in [6.45, 7) is 2.88. The molecule has 0 atom stereocenters. The highest BCUT2D eigenvalue weighted by atomic mass is 19.1. The summed E-state index contributed by atoms with van der Waals surface area (Å²) in [5, 5.41) is 3.03. The van der Waals surface area contributed by atoms with E-state index in [2.05, 4.69) is 20.2 Å². The average Bonchev–Trinajstić information content (AvgIpc) is 2.80. The molecule has 0 spiro atoms. The Hall–Kier alpha value is -3.59. The number of carbonyl (C=O) groups excluding carboxylic acids is 1. The van der Waals surface area contributed by atoms with Crippen LogP contribution in [0.2, 0.25) is 0 Å². The van der Waals surface area contributed by atoms with Gasteiger partial charge in [-0.3, -0.25) is 4.98 Å². The van der Waals surface area contributed by atoms with Crippen LogP contribution in [-0.2, 0) is 9.47 Å². The first-order chi connectivity index (χ1) is 15.1. The molecule has 9 heteroatoms. The predicted molar refractivity (Wildman–Crippen MR) is 111 cm³/mol. The first kappa shape index (κ1) is 20.7. The minimum atomic E-state index is -0.753. The lowest BCUT2D eigenvalue weighted by Gasteiger charge is -2.28. The number of carbonyl (C=O) groups is 1. The molecule has 0 saturated carbocycles. The van der Waals surface area contributed by atoms with Crippen LogP contribution in [0.15, 0.2) is 48.8 Å². The number of hydrogen-bond donors (Lipinski definition) is 1. The quantitative estimate of drug-likeness (QED) is 0.622. The molecule has 2 aromatic heterocycles. The van der Waals surface area contributed by atoms with Crippen LogP contribution in [0.3, 0.4) is 0 Å². The van der Waals surface area contributed by atoms with Crippen LogP contribution in [0.5, 0.6) is 0 Å². The number of anilines is 3. The highest BCUT2D eigenvalue weighted by Gasteiger charge is 2.19. The van der Waals surface area contributed by atoms with Gasteiger partial charge in [0, 0.05) is 19.3 Å². The molecule has 0 amide bonds. The van der Waals surface area contributed by atoms with Gasteiger partial charge in [-0.2, -0.15) is 0 Å². The van der Waals surface area contributed by atoms with E-state index in [1.165, 1.54) is 25.4 Å². The van der Waals surface area contributed by atoms with Gasteiger partial charge in [0.1, 0.15) is 23.0 Å². The molecule has 0 aliphatic carbocycles. The monoisotopic (exact) mass is 426 g/mol. The zero-order valence-corrected chi connectivity index (χ0v) is 16.8. The number of nitrogens with zero attached hydrogens (tertiary/aromatic N) is 3. The Bertz CT molecular complexity index is 1070. The normalized spacial score (nSPS) is 13.7. The molecule has 1 aliphatic heterocycles. The van der Waals surface area contributed by atoms with Crippen molar-refractivity contribution in [1.29, 1.82) is 0 Å². The van der Waals surface area contributed by atoms with E-state index in [0.29, 0.717) is 19.0 Å². The third-order valence-electron chi connectivity index (χ3n) is 4.92. The standard InChI is InChI=1S/C22H20F2N4O3/c1-30-22(29)15-13-25-19(21-16(23)3-2-4-17(21)24)11-18(15)27-20-6-5-14(12-26-20)28-7-9-31-10-8-28/h2-6,11-13H,7-10H2,1H3,(H,25,26,27). The van der Waals surface area contributed by atoms with Crippen molar-refractivity contribution in [2.45, 2.75) is 0 Å². The van der Waals surface area contributed by atoms with E-state index in [0.717, 1.165) is 30.9 Å². The lowest BCUT2D eigenvalue weighted by atomic mass is 10.1. The van der Waals surface area contributed by atoms with Crippen molar-refractivity contribution < 1.29 is 23.0 Å². The minimum Gasteiger partial charge on any atom is -0.465 e. The topological polar surface area (TPSA) is 76.6 Å². The Morgan fingerprint density at radius 1 is 1.10 bits per heavy atom. The summed E-state index contributed by atoms with van der Waals surface area (Å²) in [6, 6.07) is 8.62. The van der Waals surface area contributed by atoms with Gasteiger partial charge in [0.05, 0.1) is 49.2 Å². The first-order valence-electron chi connectivity index (χ1n) is 9.65. The molecule has 0 radical (unpaired) electrons. The van der Waals surface area contributed by atoms with Gasteiger partial charge in [0.25, 0.3) is 0 Å². The fourth-order valence-corrected chi connectivity index (χ4v) is 3.32. The van der Waals surface area contributed by atoms with Crippen molar-refractivity contribution in [3.63, 3.8) is 0 Å². The van der Waals surface area contributed by atoms with Crippen LogP contribution in [0.25, 0.3) is 11.3 Å². The lowest BCUT2D eigenvalue weighted by Crippen LogP contribution is -2.36. The zero-order chi connectivity index (χ0) is 21.8. The summed E-state index contributed by atoms with van der Waals surface area (Å²) in [5.74, 6) is -1.69. The number of aromatic nitrogens is 2. The van der Waals surface area contributed by atoms with Gasteiger partial charge in [-0.25, -0.2) is 18.6 Å². The second kappa shape index (κ2) is 9.05. The highest BCUT2D eigenvalue weighted by Crippen LogP contribution is 2.30. The average molecular weight is 426 g/mol. The van der Waals surface area contributed by atoms with E-state index >= 15 is 0 Å². The van der Waals surface area contributed by atoms with E-state index in [1.807, 2.05) is 6.07 Å². The number of methoxy groups -OCH3 is 1. The molecule has 1 aliphatic rings. The smallest absolute Gasteiger partial charge is 0.341 e. The molecule has 4 rings (SSSR count). The van der Waals surface area contributed by atoms with Gasteiger partial charge in [0.15, 0.2) is 0 Å². The van der Waals surface area contributed by atoms with Crippen molar-refractivity contribution in [2.24, 2.45) is 0 Å². The molecular weight excluding hydrogens is 406 g/mol. The molecule has 31 heavy (non-hydrogen) atoms. The summed E-state index contributed by atoms with van der Waals surface area (Å²) < 4.78 is 38.6. The number of benzene rings is 1. The number of morpholine rings is 1. The van der Waals surface area contributed by atoms with Crippen molar-refractivity contribution in [1.82, 2.24) is 9.97 Å². The second-order valence-electron chi connectivity index (χ2n) is 6.83. The van der Waals surface area contributed by atoms with Crippen LogP contribution in [0, 0.1) is 11.6 Å². The SMILES string of the molecule is COC(=O)c1cnc(-c2c(F)cccc2F)cc1Nc1ccc(N2CCOCC2)cn1. The summed E-state index contributed by atoms with van der Waals surface area (Å²) in [6.07, 6.45) is 2.93. The molecule has 0 bridgehead atoms. The molecule has 1 saturated heterocycles. The Balaban J connectivity index is 1.66. The van der Waals surface area contributed by atoms with E-state index in [1.54, 1.807) is 12.3 Å². The third kappa shape index (κ3) is 4.46. The van der Waals surface area contributed by atoms with E-state index in [4.69, 9.17) is 9.47 Å². The van der Waals surface area contributed by atoms with Gasteiger partial charge in [-0.1, -0.05) is 6.07 Å². The highest BCUT2D eigenvalue weighted by molar-refractivity contribution is 5.96. The lowest BCUT2D eigenvalue weighted by molar-refractivity contribution is 0.0601. The third-order valence-corrected chi connectivity index (χ3v) is 4.92. The van der Waals surface area contributed by atoms with Gasteiger partial charge < -0.3 is 19.7 Å². The fourth-order valence-electron chi connectivity index (χ4n) is 3.32. The zero-order valence-electron chi connectivity index (χ0n) is 16.8. The number of nitrogens with one attached hydrogen (secondary N) is 1. The van der Waals surface area contributed by atoms with Crippen molar-refractivity contribution in [3.8, 4) is 11.3 Å². The van der Waals surface area contributed by atoms with Crippen LogP contribution in [0.4, 0.5) is 26.0 Å². The van der Waals surface area contributed by atoms with Crippen molar-refractivity contribution >= 4 is 23.2 Å². The number of halogens is 2. The van der Waals surface area contributed by atoms with E-state index in [9.17, 15) is 13.6 Å². The maximum atomic E-state index is 14.2. The molecule has 7 nitrogen and oxygen atoms in total. The van der Waals surface area contributed by atoms with Crippen molar-refractivity contribution in [2.75, 3.05) is 43.6 Å². The predicted octanol–water partition coefficient (Wildman–Crippen LogP) is 3.79. The van der Waals surface area contributed by atoms with Crippen LogP contribution >= 0.6 is 0 Å². The Kier molecular flexibility index (Phi) is 6.03. The second-order valence-corrected chi connectivity index (χ2v) is 6.83. The molecule has 1 aromatic carbocycles. The largest absolute Gasteiger partial charge is 0.465 e. The molecule has 0 unspecified atom stereocenters. The summed E-state index contributed by atoms with van der Waals surface area (Å²) >= 11 is 0. The Morgan fingerprint density at radius 3 is 2.48 bits per heavy atom. The minimum absolute atomic E-state index is 0.0377. The van der Waals surface area contributed by atoms with E-state index < -0.39 is 17.6 Å². The van der Waals surface area contributed by atoms with Crippen LogP contribution < -0.4 is 10.2 Å². The fraction of sp³-hybridized carbons (Fsp3) is 0.227. The molecule has 160 valence electrons. The van der Waals surface area contributed by atoms with Crippen molar-refractivity contribution in [3.05, 3.63) is 66.0 Å². The van der Waals surface area contributed by atoms with Crippen LogP contribution in [-0.4, -0.2) is 49.4 Å². The summed E-state index contributed by atoms with van der Waals surface area (Å²) in [4.78, 5) is 22.8. The molecule has 3 aromatic rings. The van der Waals surface area contributed by atoms with Gasteiger partial charge in [-0.05, 0) is 30.3 Å². The van der Waals surface area contributed by atoms with E-state index in [-0.39, 0.29) is 22.5 Å². The van der Waals surface area contributed by atoms with Crippen LogP contribution in [0.1, 0.15) is 10.4 Å². The summed E-state index contributed by atoms with van der Waals surface area (Å²) in [5.41, 5.74) is 1.09. The number of pyridine rings is 2.